The third-order valence-electron chi connectivity index (χ3n) is 3.25. The van der Waals surface area contributed by atoms with Gasteiger partial charge in [0, 0.05) is 33.0 Å². The van der Waals surface area contributed by atoms with Crippen molar-refractivity contribution in [2.75, 3.05) is 20.1 Å². The van der Waals surface area contributed by atoms with Crippen LogP contribution in [0.5, 0.6) is 0 Å². The summed E-state index contributed by atoms with van der Waals surface area (Å²) in [5.41, 5.74) is -0.660. The van der Waals surface area contributed by atoms with Crippen molar-refractivity contribution >= 4 is 17.7 Å². The Morgan fingerprint density at radius 3 is 2.58 bits per heavy atom. The van der Waals surface area contributed by atoms with Gasteiger partial charge in [0.05, 0.1) is 17.9 Å². The maximum absolute atomic E-state index is 11.9. The molecule has 1 aliphatic heterocycles. The van der Waals surface area contributed by atoms with Gasteiger partial charge in [0.2, 0.25) is 17.7 Å². The van der Waals surface area contributed by atoms with Gasteiger partial charge in [-0.25, -0.2) is 0 Å². The molecule has 0 N–H and O–H groups in total. The molecule has 0 aliphatic carbocycles. The molecule has 0 radical (unpaired) electrons. The number of hydrogen-bond donors (Lipinski definition) is 0. The van der Waals surface area contributed by atoms with E-state index >= 15 is 0 Å². The molecule has 0 aromatic heterocycles. The number of carbonyl (C=O) groups excluding carboxylic acids is 3. The molecule has 1 aliphatic rings. The Morgan fingerprint density at radius 2 is 2.11 bits per heavy atom. The molecule has 6 heteroatoms. The van der Waals surface area contributed by atoms with Gasteiger partial charge in [-0.3, -0.25) is 19.3 Å². The van der Waals surface area contributed by atoms with E-state index in [1.54, 1.807) is 20.9 Å². The summed E-state index contributed by atoms with van der Waals surface area (Å²) in [5.74, 6) is -0.604. The standard InChI is InChI=1S/C13H19N3O3/c1-13(2)9-11(18)16(12(13)19)8-5-10(17)15(3)7-4-6-14/h4-5,7-9H2,1-3H3. The van der Waals surface area contributed by atoms with Crippen LogP contribution in [0.2, 0.25) is 0 Å². The number of nitrogens with zero attached hydrogens (tertiary/aromatic N) is 3. The van der Waals surface area contributed by atoms with Gasteiger partial charge >= 0.3 is 0 Å². The summed E-state index contributed by atoms with van der Waals surface area (Å²) in [7, 11) is 1.61. The lowest BCUT2D eigenvalue weighted by Crippen LogP contribution is -2.37. The minimum Gasteiger partial charge on any atom is -0.345 e. The van der Waals surface area contributed by atoms with Crippen LogP contribution in [0.15, 0.2) is 0 Å². The van der Waals surface area contributed by atoms with Crippen LogP contribution < -0.4 is 0 Å². The van der Waals surface area contributed by atoms with Crippen LogP contribution in [0, 0.1) is 16.7 Å². The van der Waals surface area contributed by atoms with Crippen molar-refractivity contribution in [3.63, 3.8) is 0 Å². The van der Waals surface area contributed by atoms with Crippen LogP contribution in [-0.4, -0.2) is 47.7 Å². The van der Waals surface area contributed by atoms with Gasteiger partial charge in [0.1, 0.15) is 0 Å². The Kier molecular flexibility index (Phi) is 4.65. The van der Waals surface area contributed by atoms with Crippen LogP contribution in [0.3, 0.4) is 0 Å². The second kappa shape index (κ2) is 5.83. The Labute approximate surface area is 113 Å². The molecule has 19 heavy (non-hydrogen) atoms. The van der Waals surface area contributed by atoms with Crippen LogP contribution in [-0.2, 0) is 14.4 Å². The van der Waals surface area contributed by atoms with E-state index in [0.29, 0.717) is 6.54 Å². The lowest BCUT2D eigenvalue weighted by molar-refractivity contribution is -0.141. The molecule has 0 aromatic carbocycles. The van der Waals surface area contributed by atoms with Gasteiger partial charge in [-0.2, -0.15) is 5.26 Å². The van der Waals surface area contributed by atoms with Gasteiger partial charge in [0.25, 0.3) is 0 Å². The largest absolute Gasteiger partial charge is 0.345 e. The van der Waals surface area contributed by atoms with E-state index in [2.05, 4.69) is 0 Å². The highest BCUT2D eigenvalue weighted by atomic mass is 16.2. The first-order valence-electron chi connectivity index (χ1n) is 6.25. The maximum Gasteiger partial charge on any atom is 0.235 e. The van der Waals surface area contributed by atoms with Crippen LogP contribution >= 0.6 is 0 Å². The molecule has 6 nitrogen and oxygen atoms in total. The van der Waals surface area contributed by atoms with Crippen molar-refractivity contribution < 1.29 is 14.4 Å². The summed E-state index contributed by atoms with van der Waals surface area (Å²) in [6.07, 6.45) is 0.580. The third kappa shape index (κ3) is 3.53. The number of carbonyl (C=O) groups is 3. The normalized spacial score (nSPS) is 17.5. The van der Waals surface area contributed by atoms with Crippen molar-refractivity contribution in [3.05, 3.63) is 0 Å². The predicted octanol–water partition coefficient (Wildman–Crippen LogP) is 0.534. The zero-order valence-corrected chi connectivity index (χ0v) is 11.6. The Bertz CT molecular complexity index is 437. The van der Waals surface area contributed by atoms with E-state index in [1.807, 2.05) is 6.07 Å². The average molecular weight is 265 g/mol. The van der Waals surface area contributed by atoms with E-state index in [1.165, 1.54) is 4.90 Å². The van der Waals surface area contributed by atoms with Crippen LogP contribution in [0.1, 0.15) is 33.1 Å². The van der Waals surface area contributed by atoms with Gasteiger partial charge in [-0.15, -0.1) is 0 Å². The molecule has 3 amide bonds. The topological polar surface area (TPSA) is 81.5 Å². The van der Waals surface area contributed by atoms with Crippen LogP contribution in [0.4, 0.5) is 0 Å². The molecule has 0 aromatic rings. The lowest BCUT2D eigenvalue weighted by atomic mass is 9.92. The predicted molar refractivity (Wildman–Crippen MR) is 67.6 cm³/mol. The molecule has 0 saturated carbocycles. The Balaban J connectivity index is 2.49. The zero-order chi connectivity index (χ0) is 14.6. The minimum absolute atomic E-state index is 0.107. The summed E-state index contributed by atoms with van der Waals surface area (Å²) >= 11 is 0. The molecule has 104 valence electrons. The second-order valence-corrected chi connectivity index (χ2v) is 5.38. The molecular formula is C13H19N3O3. The van der Waals surface area contributed by atoms with Crippen LogP contribution in [0.25, 0.3) is 0 Å². The van der Waals surface area contributed by atoms with E-state index < -0.39 is 5.41 Å². The Hall–Kier alpha value is -1.90. The average Bonchev–Trinajstić information content (AvgIpc) is 2.53. The maximum atomic E-state index is 11.9. The van der Waals surface area contributed by atoms with E-state index in [4.69, 9.17) is 5.26 Å². The number of amides is 3. The second-order valence-electron chi connectivity index (χ2n) is 5.38. The van der Waals surface area contributed by atoms with Crippen molar-refractivity contribution in [2.45, 2.75) is 33.1 Å². The molecule has 0 atom stereocenters. The van der Waals surface area contributed by atoms with E-state index in [-0.39, 0.29) is 43.5 Å². The highest BCUT2D eigenvalue weighted by Gasteiger charge is 2.44. The van der Waals surface area contributed by atoms with E-state index in [0.717, 1.165) is 4.90 Å². The van der Waals surface area contributed by atoms with Gasteiger partial charge in [-0.1, -0.05) is 13.8 Å². The number of rotatable bonds is 5. The van der Waals surface area contributed by atoms with Gasteiger partial charge in [0.15, 0.2) is 0 Å². The SMILES string of the molecule is CN(CCC#N)C(=O)CCN1C(=O)CC(C)(C)C1=O. The van der Waals surface area contributed by atoms with Gasteiger partial charge in [-0.05, 0) is 0 Å². The third-order valence-corrected chi connectivity index (χ3v) is 3.25. The molecular weight excluding hydrogens is 246 g/mol. The molecule has 0 spiro atoms. The molecule has 1 heterocycles. The first-order valence-corrected chi connectivity index (χ1v) is 6.25. The summed E-state index contributed by atoms with van der Waals surface area (Å²) in [5, 5.41) is 8.44. The zero-order valence-electron chi connectivity index (χ0n) is 11.6. The fourth-order valence-corrected chi connectivity index (χ4v) is 1.99. The molecule has 1 rings (SSSR count). The first kappa shape index (κ1) is 15.2. The monoisotopic (exact) mass is 265 g/mol. The number of nitriles is 1. The quantitative estimate of drug-likeness (QED) is 0.679. The smallest absolute Gasteiger partial charge is 0.235 e. The summed E-state index contributed by atoms with van der Waals surface area (Å²) in [6, 6.07) is 1.96. The highest BCUT2D eigenvalue weighted by molar-refractivity contribution is 6.05. The first-order chi connectivity index (χ1) is 8.79. The van der Waals surface area contributed by atoms with Crippen molar-refractivity contribution in [1.82, 2.24) is 9.80 Å². The summed E-state index contributed by atoms with van der Waals surface area (Å²) < 4.78 is 0. The number of imide groups is 1. The fourth-order valence-electron chi connectivity index (χ4n) is 1.99. The lowest BCUT2D eigenvalue weighted by Gasteiger charge is -2.20. The number of hydrogen-bond acceptors (Lipinski definition) is 4. The van der Waals surface area contributed by atoms with Crippen molar-refractivity contribution in [2.24, 2.45) is 5.41 Å². The highest BCUT2D eigenvalue weighted by Crippen LogP contribution is 2.31. The molecule has 0 bridgehead atoms. The molecule has 1 fully saturated rings. The minimum atomic E-state index is -0.660. The summed E-state index contributed by atoms with van der Waals surface area (Å²) in [4.78, 5) is 38.0. The van der Waals surface area contributed by atoms with E-state index in [9.17, 15) is 14.4 Å². The molecule has 0 unspecified atom stereocenters. The number of likely N-dealkylation sites (tertiary alicyclic amines) is 1. The fraction of sp³-hybridized carbons (Fsp3) is 0.692. The Morgan fingerprint density at radius 1 is 1.47 bits per heavy atom. The molecule has 1 saturated heterocycles. The van der Waals surface area contributed by atoms with Crippen molar-refractivity contribution in [3.8, 4) is 6.07 Å². The van der Waals surface area contributed by atoms with Crippen molar-refractivity contribution in [1.29, 1.82) is 5.26 Å². The summed E-state index contributed by atoms with van der Waals surface area (Å²) in [6.45, 7) is 3.95. The van der Waals surface area contributed by atoms with Gasteiger partial charge < -0.3 is 4.90 Å².